The van der Waals surface area contributed by atoms with Crippen molar-refractivity contribution in [2.75, 3.05) is 18.4 Å². The van der Waals surface area contributed by atoms with Crippen LogP contribution in [-0.2, 0) is 6.42 Å². The van der Waals surface area contributed by atoms with Gasteiger partial charge in [-0.2, -0.15) is 0 Å². The molecule has 0 aliphatic carbocycles. The van der Waals surface area contributed by atoms with Gasteiger partial charge in [-0.05, 0) is 85.7 Å². The molecule has 1 fully saturated rings. The quantitative estimate of drug-likeness (QED) is 0.193. The maximum atomic E-state index is 13.3. The Kier molecular flexibility index (Phi) is 9.08. The van der Waals surface area contributed by atoms with Crippen molar-refractivity contribution in [3.63, 3.8) is 0 Å². The number of imidazole rings is 1. The van der Waals surface area contributed by atoms with Gasteiger partial charge in [0, 0.05) is 29.2 Å². The van der Waals surface area contributed by atoms with Crippen LogP contribution >= 0.6 is 11.6 Å². The van der Waals surface area contributed by atoms with E-state index in [2.05, 4.69) is 36.0 Å². The molecule has 8 nitrogen and oxygen atoms in total. The Labute approximate surface area is 258 Å². The maximum absolute atomic E-state index is 13.3. The number of rotatable bonds is 8. The van der Waals surface area contributed by atoms with E-state index >= 15 is 0 Å². The number of fused-ring (bicyclic) bond motifs is 1. The van der Waals surface area contributed by atoms with Gasteiger partial charge in [-0.15, -0.1) is 0 Å². The Bertz CT molecular complexity index is 1570. The first-order valence-electron chi connectivity index (χ1n) is 14.9. The molecule has 3 atom stereocenters. The summed E-state index contributed by atoms with van der Waals surface area (Å²) in [5.41, 5.74) is 3.73. The monoisotopic (exact) mass is 601 g/mol. The summed E-state index contributed by atoms with van der Waals surface area (Å²) >= 11 is 6.04. The summed E-state index contributed by atoms with van der Waals surface area (Å²) in [6.07, 6.45) is 1.53. The zero-order valence-corrected chi connectivity index (χ0v) is 25.9. The highest BCUT2D eigenvalue weighted by Gasteiger charge is 2.36. The second kappa shape index (κ2) is 12.8. The predicted octanol–water partition coefficient (Wildman–Crippen LogP) is 7.56. The highest BCUT2D eigenvalue weighted by atomic mass is 35.5. The van der Waals surface area contributed by atoms with Gasteiger partial charge in [0.15, 0.2) is 0 Å². The number of piperidine rings is 1. The Morgan fingerprint density at radius 2 is 1.84 bits per heavy atom. The van der Waals surface area contributed by atoms with Crippen LogP contribution in [0.5, 0.6) is 0 Å². The third-order valence-corrected chi connectivity index (χ3v) is 8.82. The smallest absolute Gasteiger partial charge is 0.408 e. The third-order valence-electron chi connectivity index (χ3n) is 8.57. The molecule has 3 aromatic carbocycles. The topological polar surface area (TPSA) is 99.5 Å². The molecule has 2 heterocycles. The van der Waals surface area contributed by atoms with Gasteiger partial charge in [-0.25, -0.2) is 9.78 Å². The van der Waals surface area contributed by atoms with Crippen LogP contribution in [0, 0.1) is 5.41 Å². The standard InChI is InChI=1S/C34H40ClN5O3/c1-22(34(2,3)4)39(33(42)43)30(19-23-9-6-5-7-10-23)25-14-17-29-28(20-25)37-32(40(29)27-11-8-18-36-21-27)38-31(41)24-12-15-26(35)16-13-24/h5-7,9-10,12-17,20,22,27,30,36H,8,11,18-19,21H2,1-4H3,(H,42,43)(H,37,38,41). The van der Waals surface area contributed by atoms with Crippen LogP contribution in [0.25, 0.3) is 11.0 Å². The van der Waals surface area contributed by atoms with E-state index in [1.165, 1.54) is 0 Å². The molecule has 0 bridgehead atoms. The molecule has 0 radical (unpaired) electrons. The van der Waals surface area contributed by atoms with Crippen molar-refractivity contribution in [2.45, 2.75) is 65.1 Å². The zero-order valence-electron chi connectivity index (χ0n) is 25.2. The van der Waals surface area contributed by atoms with E-state index in [-0.39, 0.29) is 23.4 Å². The molecule has 1 aliphatic heterocycles. The van der Waals surface area contributed by atoms with Crippen molar-refractivity contribution < 1.29 is 14.7 Å². The Morgan fingerprint density at radius 3 is 2.47 bits per heavy atom. The van der Waals surface area contributed by atoms with Crippen molar-refractivity contribution in [1.29, 1.82) is 0 Å². The molecule has 226 valence electrons. The van der Waals surface area contributed by atoms with Gasteiger partial charge in [0.25, 0.3) is 5.91 Å². The van der Waals surface area contributed by atoms with Crippen molar-refractivity contribution in [3.05, 3.63) is 94.5 Å². The molecule has 3 unspecified atom stereocenters. The molecule has 0 spiro atoms. The normalized spacial score (nSPS) is 16.9. The van der Waals surface area contributed by atoms with E-state index in [1.807, 2.05) is 55.5 Å². The third kappa shape index (κ3) is 6.86. The SMILES string of the molecule is CC(N(C(=O)O)C(Cc1ccccc1)c1ccc2c(c1)nc(NC(=O)c1ccc(Cl)cc1)n2C1CCCNC1)C(C)(C)C. The van der Waals surface area contributed by atoms with Gasteiger partial charge in [0.2, 0.25) is 5.95 Å². The average Bonchev–Trinajstić information content (AvgIpc) is 3.34. The summed E-state index contributed by atoms with van der Waals surface area (Å²) in [6.45, 7) is 9.88. The van der Waals surface area contributed by atoms with E-state index in [0.717, 1.165) is 42.6 Å². The largest absolute Gasteiger partial charge is 0.465 e. The lowest BCUT2D eigenvalue weighted by Gasteiger charge is -2.41. The minimum atomic E-state index is -0.960. The van der Waals surface area contributed by atoms with Crippen LogP contribution in [0.3, 0.4) is 0 Å². The second-order valence-electron chi connectivity index (χ2n) is 12.5. The lowest BCUT2D eigenvalue weighted by Crippen LogP contribution is -2.47. The summed E-state index contributed by atoms with van der Waals surface area (Å²) in [5, 5.41) is 17.6. The number of aromatic nitrogens is 2. The van der Waals surface area contributed by atoms with E-state index in [9.17, 15) is 14.7 Å². The molecule has 1 aliphatic rings. The Balaban J connectivity index is 1.60. The fraction of sp³-hybridized carbons (Fsp3) is 0.382. The summed E-state index contributed by atoms with van der Waals surface area (Å²) < 4.78 is 2.11. The maximum Gasteiger partial charge on any atom is 0.408 e. The van der Waals surface area contributed by atoms with Gasteiger partial charge in [-0.1, -0.05) is 68.8 Å². The van der Waals surface area contributed by atoms with E-state index in [0.29, 0.717) is 28.5 Å². The van der Waals surface area contributed by atoms with E-state index in [4.69, 9.17) is 16.6 Å². The Hall–Kier alpha value is -3.88. The van der Waals surface area contributed by atoms with Gasteiger partial charge in [0.05, 0.1) is 17.1 Å². The van der Waals surface area contributed by atoms with Crippen molar-refractivity contribution in [3.8, 4) is 0 Å². The molecule has 1 saturated heterocycles. The average molecular weight is 602 g/mol. The lowest BCUT2D eigenvalue weighted by atomic mass is 9.84. The molecule has 0 saturated carbocycles. The first kappa shape index (κ1) is 30.6. The van der Waals surface area contributed by atoms with Crippen LogP contribution in [0.1, 0.15) is 74.1 Å². The molecule has 5 rings (SSSR count). The fourth-order valence-corrected chi connectivity index (χ4v) is 5.94. The zero-order chi connectivity index (χ0) is 30.7. The predicted molar refractivity (Wildman–Crippen MR) is 172 cm³/mol. The highest BCUT2D eigenvalue weighted by molar-refractivity contribution is 6.30. The summed E-state index contributed by atoms with van der Waals surface area (Å²) in [5.74, 6) is 0.203. The molecular formula is C34H40ClN5O3. The number of hydrogen-bond donors (Lipinski definition) is 3. The minimum Gasteiger partial charge on any atom is -0.465 e. The lowest BCUT2D eigenvalue weighted by molar-refractivity contribution is 0.0620. The van der Waals surface area contributed by atoms with Crippen molar-refractivity contribution >= 4 is 40.6 Å². The van der Waals surface area contributed by atoms with Crippen LogP contribution < -0.4 is 10.6 Å². The summed E-state index contributed by atoms with van der Waals surface area (Å²) in [4.78, 5) is 32.6. The van der Waals surface area contributed by atoms with Crippen molar-refractivity contribution in [1.82, 2.24) is 19.8 Å². The number of nitrogens with zero attached hydrogens (tertiary/aromatic N) is 3. The number of carbonyl (C=O) groups is 2. The van der Waals surface area contributed by atoms with Crippen molar-refractivity contribution in [2.24, 2.45) is 5.41 Å². The highest BCUT2D eigenvalue weighted by Crippen LogP contribution is 2.36. The first-order valence-corrected chi connectivity index (χ1v) is 15.3. The number of amides is 2. The number of carboxylic acid groups (broad SMARTS) is 1. The van der Waals surface area contributed by atoms with Crippen LogP contribution in [-0.4, -0.2) is 50.7 Å². The fourth-order valence-electron chi connectivity index (χ4n) is 5.81. The molecule has 2 amide bonds. The van der Waals surface area contributed by atoms with Gasteiger partial charge < -0.3 is 15.0 Å². The van der Waals surface area contributed by atoms with Gasteiger partial charge >= 0.3 is 6.09 Å². The van der Waals surface area contributed by atoms with E-state index < -0.39 is 12.1 Å². The minimum absolute atomic E-state index is 0.113. The molecule has 4 aromatic rings. The van der Waals surface area contributed by atoms with Gasteiger partial charge in [-0.3, -0.25) is 15.0 Å². The second-order valence-corrected chi connectivity index (χ2v) is 12.9. The number of hydrogen-bond acceptors (Lipinski definition) is 4. The molecule has 9 heteroatoms. The molecule has 1 aromatic heterocycles. The van der Waals surface area contributed by atoms with Gasteiger partial charge in [0.1, 0.15) is 0 Å². The van der Waals surface area contributed by atoms with Crippen LogP contribution in [0.2, 0.25) is 5.02 Å². The molecule has 3 N–H and O–H groups in total. The molecule has 43 heavy (non-hydrogen) atoms. The first-order chi connectivity index (χ1) is 20.5. The number of halogens is 1. The number of carbonyl (C=O) groups excluding carboxylic acids is 1. The molecular weight excluding hydrogens is 562 g/mol. The van der Waals surface area contributed by atoms with E-state index in [1.54, 1.807) is 29.2 Å². The summed E-state index contributed by atoms with van der Waals surface area (Å²) in [6, 6.07) is 22.2. The number of nitrogens with one attached hydrogen (secondary N) is 2. The number of benzene rings is 3. The summed E-state index contributed by atoms with van der Waals surface area (Å²) in [7, 11) is 0. The van der Waals surface area contributed by atoms with Crippen LogP contribution in [0.4, 0.5) is 10.7 Å². The number of anilines is 1. The Morgan fingerprint density at radius 1 is 1.12 bits per heavy atom. The van der Waals surface area contributed by atoms with Crippen LogP contribution in [0.15, 0.2) is 72.8 Å².